The van der Waals surface area contributed by atoms with Crippen LogP contribution in [0.15, 0.2) is 115 Å². The second kappa shape index (κ2) is 14.2. The summed E-state index contributed by atoms with van der Waals surface area (Å²) < 4.78 is 0. The maximum Gasteiger partial charge on any atom is 0.252 e. The highest BCUT2D eigenvalue weighted by Crippen LogP contribution is 2.51. The van der Waals surface area contributed by atoms with Crippen molar-refractivity contribution in [2.45, 2.75) is 156 Å². The Balaban J connectivity index is 1.42. The summed E-state index contributed by atoms with van der Waals surface area (Å²) in [6.07, 6.45) is 2.35. The lowest BCUT2D eigenvalue weighted by Gasteiger charge is -2.47. The third-order valence-electron chi connectivity index (χ3n) is 14.9. The Kier molecular flexibility index (Phi) is 9.78. The molecule has 0 bridgehead atoms. The first-order valence-electron chi connectivity index (χ1n) is 23.7. The molecule has 0 aromatic heterocycles. The summed E-state index contributed by atoms with van der Waals surface area (Å²) in [6, 6.07) is 45.6. The first-order valence-corrected chi connectivity index (χ1v) is 23.7. The van der Waals surface area contributed by atoms with Crippen LogP contribution in [0.4, 0.5) is 34.1 Å². The van der Waals surface area contributed by atoms with Crippen LogP contribution in [0.25, 0.3) is 11.1 Å². The lowest BCUT2D eigenvalue weighted by Crippen LogP contribution is -2.61. The van der Waals surface area contributed by atoms with Crippen LogP contribution >= 0.6 is 0 Å². The van der Waals surface area contributed by atoms with E-state index in [1.165, 1.54) is 108 Å². The van der Waals surface area contributed by atoms with E-state index in [9.17, 15) is 0 Å². The number of benzene rings is 6. The van der Waals surface area contributed by atoms with E-state index in [1.807, 2.05) is 0 Å². The minimum Gasteiger partial charge on any atom is -0.311 e. The van der Waals surface area contributed by atoms with Crippen LogP contribution in [0.2, 0.25) is 0 Å². The van der Waals surface area contributed by atoms with Crippen molar-refractivity contribution in [1.82, 2.24) is 0 Å². The lowest BCUT2D eigenvalue weighted by molar-refractivity contribution is 0.332. The topological polar surface area (TPSA) is 6.48 Å². The molecule has 0 unspecified atom stereocenters. The van der Waals surface area contributed by atoms with Gasteiger partial charge < -0.3 is 9.80 Å². The number of hydrogen-bond acceptors (Lipinski definition) is 2. The quantitative estimate of drug-likeness (QED) is 0.164. The molecular weight excluding hydrogens is 759 g/mol. The summed E-state index contributed by atoms with van der Waals surface area (Å²) in [7, 11) is 0. The molecule has 0 amide bonds. The molecule has 0 atom stereocenters. The van der Waals surface area contributed by atoms with Crippen LogP contribution < -0.4 is 26.2 Å². The molecular formula is C60H71BN2. The maximum absolute atomic E-state index is 2.67. The molecule has 0 saturated carbocycles. The van der Waals surface area contributed by atoms with Gasteiger partial charge in [0.05, 0.1) is 0 Å². The smallest absolute Gasteiger partial charge is 0.252 e. The summed E-state index contributed by atoms with van der Waals surface area (Å²) in [6.45, 7) is 38.2. The summed E-state index contributed by atoms with van der Waals surface area (Å²) >= 11 is 0. The number of nitrogens with zero attached hydrogens (tertiary/aromatic N) is 2. The Hall–Kier alpha value is -5.02. The molecule has 63 heavy (non-hydrogen) atoms. The van der Waals surface area contributed by atoms with Crippen molar-refractivity contribution in [3.8, 4) is 11.1 Å². The highest BCUT2D eigenvalue weighted by molar-refractivity contribution is 7.00. The van der Waals surface area contributed by atoms with Gasteiger partial charge in [0.25, 0.3) is 6.71 Å². The Morgan fingerprint density at radius 1 is 0.397 bits per heavy atom. The highest BCUT2D eigenvalue weighted by Gasteiger charge is 2.47. The average Bonchev–Trinajstić information content (AvgIpc) is 3.20. The highest BCUT2D eigenvalue weighted by atomic mass is 15.2. The molecule has 0 saturated heterocycles. The van der Waals surface area contributed by atoms with Gasteiger partial charge >= 0.3 is 0 Å². The fourth-order valence-corrected chi connectivity index (χ4v) is 10.6. The van der Waals surface area contributed by atoms with Crippen molar-refractivity contribution in [3.63, 3.8) is 0 Å². The Bertz CT molecular complexity index is 2710. The summed E-state index contributed by atoms with van der Waals surface area (Å²) in [5, 5.41) is 0. The minimum absolute atomic E-state index is 0.0236. The zero-order valence-electron chi connectivity index (χ0n) is 41.4. The third-order valence-corrected chi connectivity index (χ3v) is 14.9. The summed E-state index contributed by atoms with van der Waals surface area (Å²) in [5.41, 5.74) is 22.7. The average molecular weight is 831 g/mol. The van der Waals surface area contributed by atoms with Crippen molar-refractivity contribution >= 4 is 57.2 Å². The van der Waals surface area contributed by atoms with Crippen molar-refractivity contribution < 1.29 is 0 Å². The molecule has 0 radical (unpaired) electrons. The molecule has 3 aliphatic rings. The minimum atomic E-state index is -0.0303. The molecule has 3 heteroatoms. The van der Waals surface area contributed by atoms with E-state index in [1.54, 1.807) is 0 Å². The van der Waals surface area contributed by atoms with Crippen LogP contribution in [0.5, 0.6) is 0 Å². The molecule has 9 rings (SSSR count). The monoisotopic (exact) mass is 831 g/mol. The van der Waals surface area contributed by atoms with Crippen molar-refractivity contribution in [3.05, 3.63) is 149 Å². The lowest BCUT2D eigenvalue weighted by atomic mass is 9.33. The van der Waals surface area contributed by atoms with Crippen molar-refractivity contribution in [2.24, 2.45) is 0 Å². The molecule has 0 fully saturated rings. The van der Waals surface area contributed by atoms with E-state index < -0.39 is 0 Å². The van der Waals surface area contributed by atoms with Gasteiger partial charge in [-0.25, -0.2) is 0 Å². The van der Waals surface area contributed by atoms with Crippen LogP contribution in [0, 0.1) is 0 Å². The van der Waals surface area contributed by atoms with Crippen LogP contribution in [-0.2, 0) is 32.5 Å². The molecule has 6 aromatic rings. The Labute approximate surface area is 381 Å². The molecule has 0 spiro atoms. The Morgan fingerprint density at radius 2 is 0.825 bits per heavy atom. The van der Waals surface area contributed by atoms with Gasteiger partial charge in [-0.15, -0.1) is 0 Å². The SMILES string of the molecule is CC(C)(C)c1cc(N2c3cc(-c4ccccc4)ccc3B3c4cc5c(cc4N(c4cc(C(C)(C)C)cc(C(C)(C)C)c4)c4cccc2c43)C(C)(C)CCC5(C)C)cc(C(C)(C)C)c1. The van der Waals surface area contributed by atoms with E-state index >= 15 is 0 Å². The van der Waals surface area contributed by atoms with Gasteiger partial charge in [-0.1, -0.05) is 178 Å². The molecule has 2 aliphatic heterocycles. The van der Waals surface area contributed by atoms with E-state index in [2.05, 4.69) is 236 Å². The molecule has 0 N–H and O–H groups in total. The molecule has 324 valence electrons. The normalized spacial score (nSPS) is 16.6. The zero-order chi connectivity index (χ0) is 45.4. The third kappa shape index (κ3) is 7.36. The van der Waals surface area contributed by atoms with Gasteiger partial charge in [-0.2, -0.15) is 0 Å². The maximum atomic E-state index is 2.67. The van der Waals surface area contributed by atoms with E-state index in [0.29, 0.717) is 0 Å². The van der Waals surface area contributed by atoms with Gasteiger partial charge in [-0.05, 0) is 155 Å². The predicted molar refractivity (Wildman–Crippen MR) is 276 cm³/mol. The summed E-state index contributed by atoms with van der Waals surface area (Å²) in [4.78, 5) is 5.29. The predicted octanol–water partition coefficient (Wildman–Crippen LogP) is 15.0. The van der Waals surface area contributed by atoms with E-state index in [-0.39, 0.29) is 39.2 Å². The van der Waals surface area contributed by atoms with Crippen LogP contribution in [-0.4, -0.2) is 6.71 Å². The van der Waals surface area contributed by atoms with Crippen molar-refractivity contribution in [2.75, 3.05) is 9.80 Å². The number of rotatable bonds is 3. The fourth-order valence-electron chi connectivity index (χ4n) is 10.6. The van der Waals surface area contributed by atoms with Gasteiger partial charge in [-0.3, -0.25) is 0 Å². The largest absolute Gasteiger partial charge is 0.311 e. The van der Waals surface area contributed by atoms with Gasteiger partial charge in [0.2, 0.25) is 0 Å². The second-order valence-corrected chi connectivity index (χ2v) is 24.7. The number of fused-ring (bicyclic) bond motifs is 5. The van der Waals surface area contributed by atoms with Gasteiger partial charge in [0, 0.05) is 34.1 Å². The molecule has 6 aromatic carbocycles. The second-order valence-electron chi connectivity index (χ2n) is 24.7. The first-order chi connectivity index (χ1) is 29.2. The number of anilines is 6. The van der Waals surface area contributed by atoms with E-state index in [0.717, 1.165) is 0 Å². The first kappa shape index (κ1) is 43.2. The molecule has 2 heterocycles. The van der Waals surface area contributed by atoms with Crippen LogP contribution in [0.1, 0.15) is 157 Å². The number of hydrogen-bond donors (Lipinski definition) is 0. The summed E-state index contributed by atoms with van der Waals surface area (Å²) in [5.74, 6) is 0. The Morgan fingerprint density at radius 3 is 1.27 bits per heavy atom. The standard InChI is InChI=1S/C60H71BN2/c1-55(2,3)40-30-41(56(4,5)6)33-44(32-40)62-50-23-20-24-51-54(50)61(48-26-25-39(29-52(48)62)38-21-18-17-19-22-38)49-36-46-47(60(15,16)28-27-59(46,13)14)37-53(49)63(51)45-34-42(57(7,8)9)31-43(35-45)58(10,11)12/h17-26,29-37H,27-28H2,1-16H3. The fraction of sp³-hybridized carbons (Fsp3) is 0.400. The molecule has 2 nitrogen and oxygen atoms in total. The van der Waals surface area contributed by atoms with Gasteiger partial charge in [0.15, 0.2) is 0 Å². The van der Waals surface area contributed by atoms with Gasteiger partial charge in [0.1, 0.15) is 0 Å². The molecule has 1 aliphatic carbocycles. The van der Waals surface area contributed by atoms with E-state index in [4.69, 9.17) is 0 Å². The van der Waals surface area contributed by atoms with Crippen molar-refractivity contribution in [1.29, 1.82) is 0 Å². The van der Waals surface area contributed by atoms with Crippen LogP contribution in [0.3, 0.4) is 0 Å². The zero-order valence-corrected chi connectivity index (χ0v) is 41.4.